The zero-order chi connectivity index (χ0) is 30.5. The fourth-order valence-electron chi connectivity index (χ4n) is 7.73. The van der Waals surface area contributed by atoms with Gasteiger partial charge in [0.2, 0.25) is 0 Å². The minimum absolute atomic E-state index is 0.415. The number of benzene rings is 8. The van der Waals surface area contributed by atoms with Crippen LogP contribution in [0.4, 0.5) is 17.1 Å². The van der Waals surface area contributed by atoms with Gasteiger partial charge in [-0.05, 0) is 103 Å². The fourth-order valence-corrected chi connectivity index (χ4v) is 7.73. The van der Waals surface area contributed by atoms with E-state index in [0.717, 1.165) is 17.1 Å². The summed E-state index contributed by atoms with van der Waals surface area (Å²) in [5, 5.41) is 5.02. The molecule has 46 heavy (non-hydrogen) atoms. The molecule has 0 saturated carbocycles. The molecule has 0 radical (unpaired) electrons. The average molecular weight is 586 g/mol. The fraction of sp³-hybridized carbons (Fsp3) is 0.0222. The molecule has 0 fully saturated rings. The number of hydrogen-bond acceptors (Lipinski definition) is 1. The second-order valence-corrected chi connectivity index (χ2v) is 12.1. The van der Waals surface area contributed by atoms with Crippen molar-refractivity contribution in [1.29, 1.82) is 0 Å². The molecule has 8 aromatic rings. The summed E-state index contributed by atoms with van der Waals surface area (Å²) in [5.41, 5.74) is 10.9. The third-order valence-electron chi connectivity index (χ3n) is 9.68. The minimum atomic E-state index is -0.415. The summed E-state index contributed by atoms with van der Waals surface area (Å²) in [6.45, 7) is 0. The predicted octanol–water partition coefficient (Wildman–Crippen LogP) is 11.8. The van der Waals surface area contributed by atoms with Crippen LogP contribution in [-0.4, -0.2) is 0 Å². The molecule has 1 heteroatoms. The Labute approximate surface area is 269 Å². The second kappa shape index (κ2) is 10.6. The van der Waals surface area contributed by atoms with Crippen molar-refractivity contribution in [1.82, 2.24) is 0 Å². The van der Waals surface area contributed by atoms with E-state index in [-0.39, 0.29) is 0 Å². The van der Waals surface area contributed by atoms with Crippen LogP contribution in [0, 0.1) is 0 Å². The van der Waals surface area contributed by atoms with E-state index in [0.29, 0.717) is 0 Å². The van der Waals surface area contributed by atoms with E-state index < -0.39 is 5.41 Å². The summed E-state index contributed by atoms with van der Waals surface area (Å²) in [7, 11) is 0. The Balaban J connectivity index is 1.30. The molecular formula is C45H31N. The maximum Gasteiger partial charge on any atom is 0.0713 e. The Bertz CT molecular complexity index is 2260. The van der Waals surface area contributed by atoms with Crippen molar-refractivity contribution in [3.8, 4) is 11.1 Å². The van der Waals surface area contributed by atoms with Crippen LogP contribution in [0.25, 0.3) is 32.7 Å². The molecule has 216 valence electrons. The molecule has 1 aliphatic carbocycles. The highest BCUT2D eigenvalue weighted by atomic mass is 15.1. The number of fused-ring (bicyclic) bond motifs is 6. The molecule has 1 aliphatic rings. The number of nitrogens with zero attached hydrogens (tertiary/aromatic N) is 1. The van der Waals surface area contributed by atoms with Crippen LogP contribution in [0.5, 0.6) is 0 Å². The standard InChI is InChI=1S/C45H31N/c1-5-15-34(16-6-1)45(35-17-7-2-8-18-35)43-24-14-13-23-40(43)42-30-33-26-25-32-29-38(27-28-39(32)41(33)31-44(42)45)46(36-19-9-3-10-20-36)37-21-11-4-12-22-37/h1-31H. The van der Waals surface area contributed by atoms with E-state index in [1.54, 1.807) is 0 Å². The lowest BCUT2D eigenvalue weighted by molar-refractivity contribution is 0.769. The molecule has 0 saturated heterocycles. The monoisotopic (exact) mass is 585 g/mol. The molecule has 0 aromatic heterocycles. The Morgan fingerprint density at radius 1 is 0.326 bits per heavy atom. The van der Waals surface area contributed by atoms with Gasteiger partial charge in [0, 0.05) is 17.1 Å². The van der Waals surface area contributed by atoms with Gasteiger partial charge in [0.15, 0.2) is 0 Å². The number of anilines is 3. The largest absolute Gasteiger partial charge is 0.310 e. The number of rotatable bonds is 5. The van der Waals surface area contributed by atoms with Gasteiger partial charge in [-0.25, -0.2) is 0 Å². The normalized spacial score (nSPS) is 13.0. The molecule has 0 unspecified atom stereocenters. The summed E-state index contributed by atoms with van der Waals surface area (Å²) >= 11 is 0. The third-order valence-corrected chi connectivity index (χ3v) is 9.68. The first-order valence-corrected chi connectivity index (χ1v) is 15.9. The summed E-state index contributed by atoms with van der Waals surface area (Å²) < 4.78 is 0. The van der Waals surface area contributed by atoms with Crippen LogP contribution in [0.3, 0.4) is 0 Å². The van der Waals surface area contributed by atoms with E-state index in [1.807, 2.05) is 0 Å². The lowest BCUT2D eigenvalue weighted by Crippen LogP contribution is -2.28. The van der Waals surface area contributed by atoms with E-state index in [9.17, 15) is 0 Å². The van der Waals surface area contributed by atoms with Crippen molar-refractivity contribution in [2.24, 2.45) is 0 Å². The summed E-state index contributed by atoms with van der Waals surface area (Å²) in [6, 6.07) is 68.7. The number of hydrogen-bond donors (Lipinski definition) is 0. The van der Waals surface area contributed by atoms with Gasteiger partial charge >= 0.3 is 0 Å². The highest BCUT2D eigenvalue weighted by Gasteiger charge is 2.46. The van der Waals surface area contributed by atoms with Crippen molar-refractivity contribution < 1.29 is 0 Å². The van der Waals surface area contributed by atoms with Crippen LogP contribution in [0.1, 0.15) is 22.3 Å². The topological polar surface area (TPSA) is 3.24 Å². The van der Waals surface area contributed by atoms with Crippen molar-refractivity contribution in [2.45, 2.75) is 5.41 Å². The van der Waals surface area contributed by atoms with Crippen LogP contribution in [0.2, 0.25) is 0 Å². The van der Waals surface area contributed by atoms with Gasteiger partial charge in [-0.15, -0.1) is 0 Å². The highest BCUT2D eigenvalue weighted by Crippen LogP contribution is 2.57. The van der Waals surface area contributed by atoms with Gasteiger partial charge < -0.3 is 4.90 Å². The van der Waals surface area contributed by atoms with Crippen molar-refractivity contribution in [3.63, 3.8) is 0 Å². The Morgan fingerprint density at radius 2 is 0.848 bits per heavy atom. The zero-order valence-corrected chi connectivity index (χ0v) is 25.3. The third kappa shape index (κ3) is 3.95. The van der Waals surface area contributed by atoms with Gasteiger partial charge in [-0.3, -0.25) is 0 Å². The molecular weight excluding hydrogens is 555 g/mol. The Morgan fingerprint density at radius 3 is 1.46 bits per heavy atom. The van der Waals surface area contributed by atoms with Gasteiger partial charge in [0.25, 0.3) is 0 Å². The molecule has 0 spiro atoms. The Hall–Kier alpha value is -5.92. The average Bonchev–Trinajstić information content (AvgIpc) is 3.42. The maximum atomic E-state index is 2.48. The lowest BCUT2D eigenvalue weighted by atomic mass is 9.67. The van der Waals surface area contributed by atoms with Gasteiger partial charge in [-0.2, -0.15) is 0 Å². The summed E-state index contributed by atoms with van der Waals surface area (Å²) in [6.07, 6.45) is 0. The van der Waals surface area contributed by atoms with Crippen molar-refractivity contribution in [2.75, 3.05) is 4.90 Å². The molecule has 0 atom stereocenters. The van der Waals surface area contributed by atoms with Gasteiger partial charge in [-0.1, -0.05) is 140 Å². The van der Waals surface area contributed by atoms with Gasteiger partial charge in [0.05, 0.1) is 5.41 Å². The first kappa shape index (κ1) is 26.5. The van der Waals surface area contributed by atoms with Crippen LogP contribution >= 0.6 is 0 Å². The van der Waals surface area contributed by atoms with Gasteiger partial charge in [0.1, 0.15) is 0 Å². The van der Waals surface area contributed by atoms with E-state index in [1.165, 1.54) is 54.9 Å². The van der Waals surface area contributed by atoms with E-state index >= 15 is 0 Å². The van der Waals surface area contributed by atoms with Crippen molar-refractivity contribution >= 4 is 38.6 Å². The van der Waals surface area contributed by atoms with E-state index in [4.69, 9.17) is 0 Å². The quantitative estimate of drug-likeness (QED) is 0.182. The zero-order valence-electron chi connectivity index (χ0n) is 25.3. The molecule has 1 nitrogen and oxygen atoms in total. The van der Waals surface area contributed by atoms with Crippen LogP contribution in [0.15, 0.2) is 188 Å². The molecule has 0 amide bonds. The molecule has 0 N–H and O–H groups in total. The maximum absolute atomic E-state index is 2.48. The molecule has 9 rings (SSSR count). The summed E-state index contributed by atoms with van der Waals surface area (Å²) in [4.78, 5) is 2.33. The molecule has 0 aliphatic heterocycles. The van der Waals surface area contributed by atoms with Crippen LogP contribution < -0.4 is 4.90 Å². The SMILES string of the molecule is c1ccc(N(c2ccccc2)c2ccc3c(ccc4cc5c(cc43)C(c3ccccc3)(c3ccccc3)c3ccccc3-5)c2)cc1. The predicted molar refractivity (Wildman–Crippen MR) is 193 cm³/mol. The molecule has 0 heterocycles. The first-order chi connectivity index (χ1) is 22.8. The first-order valence-electron chi connectivity index (χ1n) is 15.9. The smallest absolute Gasteiger partial charge is 0.0713 e. The molecule has 0 bridgehead atoms. The Kier molecular flexibility index (Phi) is 6.11. The summed E-state index contributed by atoms with van der Waals surface area (Å²) in [5.74, 6) is 0. The minimum Gasteiger partial charge on any atom is -0.310 e. The molecule has 8 aromatic carbocycles. The lowest BCUT2D eigenvalue weighted by Gasteiger charge is -2.34. The van der Waals surface area contributed by atoms with Crippen molar-refractivity contribution in [3.05, 3.63) is 210 Å². The van der Waals surface area contributed by atoms with Crippen LogP contribution in [-0.2, 0) is 5.41 Å². The number of para-hydroxylation sites is 2. The second-order valence-electron chi connectivity index (χ2n) is 12.1. The van der Waals surface area contributed by atoms with E-state index in [2.05, 4.69) is 193 Å². The highest BCUT2D eigenvalue weighted by molar-refractivity contribution is 6.11.